The summed E-state index contributed by atoms with van der Waals surface area (Å²) in [6.07, 6.45) is 3.15. The van der Waals surface area contributed by atoms with Crippen LogP contribution in [0.5, 0.6) is 5.75 Å². The lowest BCUT2D eigenvalue weighted by Gasteiger charge is -2.24. The summed E-state index contributed by atoms with van der Waals surface area (Å²) in [7, 11) is 0. The fourth-order valence-corrected chi connectivity index (χ4v) is 4.31. The Kier molecular flexibility index (Phi) is 6.53. The summed E-state index contributed by atoms with van der Waals surface area (Å²) in [5.41, 5.74) is 1.77. The summed E-state index contributed by atoms with van der Waals surface area (Å²) in [6, 6.07) is 9.96. The monoisotopic (exact) mass is 455 g/mol. The maximum absolute atomic E-state index is 13.5. The lowest BCUT2D eigenvalue weighted by molar-refractivity contribution is 0.0691. The normalized spacial score (nSPS) is 15.4. The van der Waals surface area contributed by atoms with Gasteiger partial charge in [0.15, 0.2) is 5.43 Å². The first kappa shape index (κ1) is 22.4. The van der Waals surface area contributed by atoms with Crippen LogP contribution in [0.4, 0.5) is 0 Å². The van der Waals surface area contributed by atoms with Gasteiger partial charge in [0.05, 0.1) is 30.2 Å². The van der Waals surface area contributed by atoms with E-state index in [1.165, 1.54) is 4.90 Å². The number of amides is 1. The molecule has 3 aromatic rings. The van der Waals surface area contributed by atoms with Crippen LogP contribution in [0.2, 0.25) is 5.02 Å². The molecule has 6 nitrogen and oxygen atoms in total. The van der Waals surface area contributed by atoms with Crippen LogP contribution in [0, 0.1) is 6.92 Å². The highest BCUT2D eigenvalue weighted by atomic mass is 35.5. The Morgan fingerprint density at radius 1 is 1.19 bits per heavy atom. The molecule has 1 aromatic heterocycles. The van der Waals surface area contributed by atoms with Gasteiger partial charge in [-0.25, -0.2) is 0 Å². The summed E-state index contributed by atoms with van der Waals surface area (Å²) in [4.78, 5) is 28.1. The lowest BCUT2D eigenvalue weighted by Crippen LogP contribution is -2.32. The predicted octanol–water partition coefficient (Wildman–Crippen LogP) is 4.86. The molecule has 168 valence electrons. The number of hydrogen-bond donors (Lipinski definition) is 1. The quantitative estimate of drug-likeness (QED) is 0.490. The number of aryl methyl sites for hydroxylation is 1. The highest BCUT2D eigenvalue weighted by Gasteiger charge is 2.42. The van der Waals surface area contributed by atoms with Crippen molar-refractivity contribution in [3.63, 3.8) is 0 Å². The molecule has 1 amide bonds. The number of halogens is 1. The third-order valence-corrected chi connectivity index (χ3v) is 6.19. The minimum atomic E-state index is -0.676. The molecule has 2 heterocycles. The zero-order chi connectivity index (χ0) is 22.8. The summed E-state index contributed by atoms with van der Waals surface area (Å²) in [6.45, 7) is 4.38. The van der Waals surface area contributed by atoms with Crippen LogP contribution in [0.25, 0.3) is 11.0 Å². The Bertz CT molecular complexity index is 1220. The number of hydrogen-bond acceptors (Lipinski definition) is 5. The van der Waals surface area contributed by atoms with Crippen molar-refractivity contribution in [3.05, 3.63) is 74.1 Å². The SMILES string of the molecule is CCCCCOc1cccc(C2c3c(oc4cc(C)c(Cl)cc4c3=O)C(=O)N2CCO)c1. The van der Waals surface area contributed by atoms with Crippen LogP contribution in [0.1, 0.15) is 59.5 Å². The number of ether oxygens (including phenoxy) is 1. The van der Waals surface area contributed by atoms with Gasteiger partial charge in [0.1, 0.15) is 11.3 Å². The first-order valence-corrected chi connectivity index (χ1v) is 11.3. The maximum Gasteiger partial charge on any atom is 0.290 e. The van der Waals surface area contributed by atoms with Crippen molar-refractivity contribution in [2.45, 2.75) is 39.2 Å². The number of benzene rings is 2. The standard InChI is InChI=1S/C25H26ClNO5/c1-3-4-5-11-31-17-8-6-7-16(13-17)22-21-23(29)18-14-19(26)15(2)12-20(18)32-24(21)25(30)27(22)9-10-28/h6-8,12-14,22,28H,3-5,9-11H2,1-2H3. The van der Waals surface area contributed by atoms with Gasteiger partial charge in [0.2, 0.25) is 5.76 Å². The summed E-state index contributed by atoms with van der Waals surface area (Å²) >= 11 is 6.26. The first-order valence-electron chi connectivity index (χ1n) is 10.9. The fourth-order valence-electron chi connectivity index (χ4n) is 4.14. The van der Waals surface area contributed by atoms with E-state index >= 15 is 0 Å². The van der Waals surface area contributed by atoms with Gasteiger partial charge < -0.3 is 19.2 Å². The van der Waals surface area contributed by atoms with Crippen molar-refractivity contribution in [3.8, 4) is 5.75 Å². The maximum atomic E-state index is 13.5. The first-order chi connectivity index (χ1) is 15.5. The van der Waals surface area contributed by atoms with Crippen molar-refractivity contribution in [1.29, 1.82) is 0 Å². The van der Waals surface area contributed by atoms with Crippen molar-refractivity contribution in [2.24, 2.45) is 0 Å². The molecule has 1 aliphatic rings. The molecule has 4 rings (SSSR count). The van der Waals surface area contributed by atoms with Crippen LogP contribution in [0.15, 0.2) is 45.6 Å². The van der Waals surface area contributed by atoms with Crippen LogP contribution in [-0.2, 0) is 0 Å². The molecule has 0 fully saturated rings. The number of aliphatic hydroxyl groups excluding tert-OH is 1. The van der Waals surface area contributed by atoms with Crippen molar-refractivity contribution in [2.75, 3.05) is 19.8 Å². The molecule has 2 aromatic carbocycles. The predicted molar refractivity (Wildman–Crippen MR) is 124 cm³/mol. The average molecular weight is 456 g/mol. The summed E-state index contributed by atoms with van der Waals surface area (Å²) in [5, 5.41) is 10.4. The summed E-state index contributed by atoms with van der Waals surface area (Å²) in [5.74, 6) is 0.268. The molecule has 0 spiro atoms. The van der Waals surface area contributed by atoms with Gasteiger partial charge in [0, 0.05) is 11.6 Å². The van der Waals surface area contributed by atoms with E-state index in [9.17, 15) is 14.7 Å². The van der Waals surface area contributed by atoms with Crippen molar-refractivity contribution >= 4 is 28.5 Å². The molecule has 1 atom stereocenters. The molecule has 32 heavy (non-hydrogen) atoms. The van der Waals surface area contributed by atoms with E-state index in [0.29, 0.717) is 28.3 Å². The van der Waals surface area contributed by atoms with E-state index < -0.39 is 11.9 Å². The van der Waals surface area contributed by atoms with Gasteiger partial charge >= 0.3 is 0 Å². The smallest absolute Gasteiger partial charge is 0.290 e. The van der Waals surface area contributed by atoms with E-state index in [4.69, 9.17) is 20.8 Å². The Hall–Kier alpha value is -2.83. The molecule has 1 aliphatic heterocycles. The number of carbonyl (C=O) groups excluding carboxylic acids is 1. The minimum absolute atomic E-state index is 0.0111. The van der Waals surface area contributed by atoms with E-state index in [1.54, 1.807) is 12.1 Å². The van der Waals surface area contributed by atoms with E-state index in [-0.39, 0.29) is 29.9 Å². The van der Waals surface area contributed by atoms with Gasteiger partial charge in [-0.1, -0.05) is 43.5 Å². The molecular formula is C25H26ClNO5. The molecule has 0 saturated carbocycles. The number of unbranched alkanes of at least 4 members (excludes halogenated alkanes) is 2. The van der Waals surface area contributed by atoms with Gasteiger partial charge in [-0.2, -0.15) is 0 Å². The third-order valence-electron chi connectivity index (χ3n) is 5.78. The molecule has 0 aliphatic carbocycles. The Labute approximate surface area is 191 Å². The Balaban J connectivity index is 1.82. The van der Waals surface area contributed by atoms with E-state index in [0.717, 1.165) is 30.4 Å². The minimum Gasteiger partial charge on any atom is -0.494 e. The van der Waals surface area contributed by atoms with Crippen molar-refractivity contribution < 1.29 is 19.1 Å². The lowest BCUT2D eigenvalue weighted by atomic mass is 9.98. The van der Waals surface area contributed by atoms with Crippen LogP contribution >= 0.6 is 11.6 Å². The number of β-amino-alcohol motifs (C(OH)–C–C–N with tert-alkyl or cyclic N) is 1. The van der Waals surface area contributed by atoms with E-state index in [2.05, 4.69) is 6.92 Å². The number of fused-ring (bicyclic) bond motifs is 2. The highest BCUT2D eigenvalue weighted by Crippen LogP contribution is 2.39. The topological polar surface area (TPSA) is 80.0 Å². The van der Waals surface area contributed by atoms with Crippen LogP contribution < -0.4 is 10.2 Å². The third kappa shape index (κ3) is 4.00. The second-order valence-corrected chi connectivity index (χ2v) is 8.43. The van der Waals surface area contributed by atoms with Gasteiger partial charge in [-0.3, -0.25) is 9.59 Å². The second kappa shape index (κ2) is 9.35. The number of rotatable bonds is 8. The molecule has 0 bridgehead atoms. The Morgan fingerprint density at radius 2 is 2.00 bits per heavy atom. The highest BCUT2D eigenvalue weighted by molar-refractivity contribution is 6.32. The Morgan fingerprint density at radius 3 is 2.75 bits per heavy atom. The van der Waals surface area contributed by atoms with E-state index in [1.807, 2.05) is 31.2 Å². The van der Waals surface area contributed by atoms with Crippen LogP contribution in [0.3, 0.4) is 0 Å². The van der Waals surface area contributed by atoms with Gasteiger partial charge in [-0.05, 0) is 48.7 Å². The molecular weight excluding hydrogens is 430 g/mol. The van der Waals surface area contributed by atoms with Crippen LogP contribution in [-0.4, -0.2) is 35.7 Å². The average Bonchev–Trinajstić information content (AvgIpc) is 3.05. The van der Waals surface area contributed by atoms with Crippen molar-refractivity contribution in [1.82, 2.24) is 4.90 Å². The van der Waals surface area contributed by atoms with Gasteiger partial charge in [-0.15, -0.1) is 0 Å². The molecule has 0 radical (unpaired) electrons. The zero-order valence-electron chi connectivity index (χ0n) is 18.2. The number of carbonyl (C=O) groups is 1. The molecule has 1 unspecified atom stereocenters. The number of aliphatic hydroxyl groups is 1. The molecule has 0 saturated heterocycles. The fraction of sp³-hybridized carbons (Fsp3) is 0.360. The molecule has 7 heteroatoms. The number of nitrogens with zero attached hydrogens (tertiary/aromatic N) is 1. The largest absolute Gasteiger partial charge is 0.494 e. The summed E-state index contributed by atoms with van der Waals surface area (Å²) < 4.78 is 11.8. The molecule has 1 N–H and O–H groups in total. The van der Waals surface area contributed by atoms with Gasteiger partial charge in [0.25, 0.3) is 5.91 Å². The zero-order valence-corrected chi connectivity index (χ0v) is 18.9. The second-order valence-electron chi connectivity index (χ2n) is 8.02.